The van der Waals surface area contributed by atoms with Crippen LogP contribution < -0.4 is 9.64 Å². The molecule has 0 aliphatic carbocycles. The molecule has 0 bridgehead atoms. The van der Waals surface area contributed by atoms with Crippen LogP contribution in [-0.4, -0.2) is 13.2 Å². The van der Waals surface area contributed by atoms with Gasteiger partial charge in [0.05, 0.1) is 12.6 Å². The van der Waals surface area contributed by atoms with Crippen LogP contribution in [0.25, 0.3) is 0 Å². The molecule has 156 valence electrons. The number of rotatable bonds is 5. The van der Waals surface area contributed by atoms with Crippen molar-refractivity contribution in [2.24, 2.45) is 5.92 Å². The molecule has 0 amide bonds. The summed E-state index contributed by atoms with van der Waals surface area (Å²) in [5.74, 6) is -1.19. The average molecular weight is 448 g/mol. The molecule has 0 unspecified atom stereocenters. The molecule has 1 saturated heterocycles. The molecular formula is C24H21Cl2F2NO. The van der Waals surface area contributed by atoms with Crippen molar-refractivity contribution in [1.82, 2.24) is 0 Å². The predicted molar refractivity (Wildman–Crippen MR) is 118 cm³/mol. The lowest BCUT2D eigenvalue weighted by Gasteiger charge is -2.41. The lowest BCUT2D eigenvalue weighted by atomic mass is 9.89. The van der Waals surface area contributed by atoms with Gasteiger partial charge in [-0.1, -0.05) is 35.3 Å². The zero-order valence-corrected chi connectivity index (χ0v) is 17.7. The maximum Gasteiger partial charge on any atom is 0.162 e. The molecule has 0 aromatic heterocycles. The van der Waals surface area contributed by atoms with Gasteiger partial charge in [0, 0.05) is 34.3 Å². The molecule has 1 heterocycles. The van der Waals surface area contributed by atoms with E-state index in [0.717, 1.165) is 37.2 Å². The number of benzene rings is 3. The van der Waals surface area contributed by atoms with Gasteiger partial charge in [-0.05, 0) is 66.9 Å². The molecule has 30 heavy (non-hydrogen) atoms. The predicted octanol–water partition coefficient (Wildman–Crippen LogP) is 7.31. The summed E-state index contributed by atoms with van der Waals surface area (Å²) < 4.78 is 32.3. The Morgan fingerprint density at radius 3 is 2.17 bits per heavy atom. The highest BCUT2D eigenvalue weighted by atomic mass is 35.5. The van der Waals surface area contributed by atoms with Crippen LogP contribution in [0, 0.1) is 17.6 Å². The van der Waals surface area contributed by atoms with E-state index in [1.807, 2.05) is 36.4 Å². The average Bonchev–Trinajstić information content (AvgIpc) is 2.76. The van der Waals surface area contributed by atoms with Gasteiger partial charge < -0.3 is 9.64 Å². The summed E-state index contributed by atoms with van der Waals surface area (Å²) in [5.41, 5.74) is 2.28. The number of hydrogen-bond acceptors (Lipinski definition) is 2. The summed E-state index contributed by atoms with van der Waals surface area (Å²) in [6.07, 6.45) is 1.90. The molecular weight excluding hydrogens is 427 g/mol. The maximum atomic E-state index is 13.4. The van der Waals surface area contributed by atoms with Crippen LogP contribution in [0.5, 0.6) is 5.75 Å². The van der Waals surface area contributed by atoms with Crippen molar-refractivity contribution in [2.45, 2.75) is 18.9 Å². The summed E-state index contributed by atoms with van der Waals surface area (Å²) in [6, 6.07) is 19.6. The van der Waals surface area contributed by atoms with Crippen molar-refractivity contribution in [3.05, 3.63) is 94.0 Å². The van der Waals surface area contributed by atoms with Crippen LogP contribution in [-0.2, 0) is 0 Å². The fourth-order valence-electron chi connectivity index (χ4n) is 3.91. The normalized spacial score (nSPS) is 19.0. The summed E-state index contributed by atoms with van der Waals surface area (Å²) in [6.45, 7) is 1.21. The minimum absolute atomic E-state index is 0.211. The van der Waals surface area contributed by atoms with Crippen LogP contribution in [0.2, 0.25) is 10.0 Å². The number of halogens is 4. The third kappa shape index (κ3) is 4.88. The standard InChI is InChI=1S/C24H21Cl2F2NO/c25-18-4-2-17(3-5-18)24-12-1-16(14-29(24)20-8-6-19(26)7-9-20)15-30-21-10-11-22(27)23(28)13-21/h2-11,13,16,24H,1,12,14-15H2/t16-,24-/m0/s1. The highest BCUT2D eigenvalue weighted by Gasteiger charge is 2.30. The zero-order valence-electron chi connectivity index (χ0n) is 16.2. The molecule has 1 fully saturated rings. The largest absolute Gasteiger partial charge is 0.493 e. The molecule has 2 atom stereocenters. The number of anilines is 1. The highest BCUT2D eigenvalue weighted by Crippen LogP contribution is 2.38. The van der Waals surface area contributed by atoms with Crippen LogP contribution in [0.15, 0.2) is 66.7 Å². The van der Waals surface area contributed by atoms with Crippen molar-refractivity contribution in [1.29, 1.82) is 0 Å². The van der Waals surface area contributed by atoms with Gasteiger partial charge in [0.25, 0.3) is 0 Å². The monoisotopic (exact) mass is 447 g/mol. The number of hydrogen-bond donors (Lipinski definition) is 0. The van der Waals surface area contributed by atoms with Gasteiger partial charge in [-0.2, -0.15) is 0 Å². The van der Waals surface area contributed by atoms with E-state index in [4.69, 9.17) is 27.9 Å². The Labute approximate surface area is 185 Å². The Morgan fingerprint density at radius 1 is 0.833 bits per heavy atom. The second kappa shape index (κ2) is 9.23. The van der Waals surface area contributed by atoms with Crippen molar-refractivity contribution in [2.75, 3.05) is 18.1 Å². The Kier molecular flexibility index (Phi) is 6.45. The molecule has 1 aliphatic rings. The second-order valence-electron chi connectivity index (χ2n) is 7.53. The summed E-state index contributed by atoms with van der Waals surface area (Å²) >= 11 is 12.2. The van der Waals surface area contributed by atoms with Crippen LogP contribution in [0.1, 0.15) is 24.4 Å². The summed E-state index contributed by atoms with van der Waals surface area (Å²) in [4.78, 5) is 2.35. The van der Waals surface area contributed by atoms with Gasteiger partial charge >= 0.3 is 0 Å². The Hall–Kier alpha value is -2.30. The van der Waals surface area contributed by atoms with E-state index in [1.54, 1.807) is 0 Å². The topological polar surface area (TPSA) is 12.5 Å². The van der Waals surface area contributed by atoms with Crippen LogP contribution in [0.4, 0.5) is 14.5 Å². The van der Waals surface area contributed by atoms with E-state index in [0.29, 0.717) is 22.4 Å². The van der Waals surface area contributed by atoms with Crippen LogP contribution >= 0.6 is 23.2 Å². The quantitative estimate of drug-likeness (QED) is 0.406. The zero-order chi connectivity index (χ0) is 21.1. The first-order valence-corrected chi connectivity index (χ1v) is 10.6. The van der Waals surface area contributed by atoms with E-state index >= 15 is 0 Å². The van der Waals surface area contributed by atoms with Gasteiger partial charge in [-0.15, -0.1) is 0 Å². The highest BCUT2D eigenvalue weighted by molar-refractivity contribution is 6.30. The Morgan fingerprint density at radius 2 is 1.50 bits per heavy atom. The first kappa shape index (κ1) is 21.0. The van der Waals surface area contributed by atoms with Gasteiger partial charge in [0.2, 0.25) is 0 Å². The SMILES string of the molecule is Fc1ccc(OC[C@H]2CC[C@@H](c3ccc(Cl)cc3)N(c3ccc(Cl)cc3)C2)cc1F. The number of nitrogens with zero attached hydrogens (tertiary/aromatic N) is 1. The molecule has 3 aromatic rings. The minimum atomic E-state index is -0.901. The van der Waals surface area contributed by atoms with Crippen LogP contribution in [0.3, 0.4) is 0 Å². The molecule has 2 nitrogen and oxygen atoms in total. The van der Waals surface area contributed by atoms with Crippen molar-refractivity contribution >= 4 is 28.9 Å². The molecule has 0 N–H and O–H groups in total. The van der Waals surface area contributed by atoms with E-state index < -0.39 is 11.6 Å². The van der Waals surface area contributed by atoms with Crippen molar-refractivity contribution in [3.8, 4) is 5.75 Å². The minimum Gasteiger partial charge on any atom is -0.493 e. The second-order valence-corrected chi connectivity index (χ2v) is 8.40. The molecule has 0 radical (unpaired) electrons. The van der Waals surface area contributed by atoms with Gasteiger partial charge in [0.1, 0.15) is 5.75 Å². The van der Waals surface area contributed by atoms with E-state index in [-0.39, 0.29) is 12.0 Å². The van der Waals surface area contributed by atoms with Gasteiger partial charge in [0.15, 0.2) is 11.6 Å². The van der Waals surface area contributed by atoms with E-state index in [2.05, 4.69) is 17.0 Å². The lowest BCUT2D eigenvalue weighted by molar-refractivity contribution is 0.215. The molecule has 3 aromatic carbocycles. The maximum absolute atomic E-state index is 13.4. The molecule has 0 spiro atoms. The first-order valence-electron chi connectivity index (χ1n) is 9.85. The molecule has 6 heteroatoms. The fourth-order valence-corrected chi connectivity index (χ4v) is 4.16. The third-order valence-corrected chi connectivity index (χ3v) is 5.97. The van der Waals surface area contributed by atoms with E-state index in [1.165, 1.54) is 11.6 Å². The number of ether oxygens (including phenoxy) is 1. The Bertz CT molecular complexity index is 995. The third-order valence-electron chi connectivity index (χ3n) is 5.47. The molecule has 1 aliphatic heterocycles. The molecule has 0 saturated carbocycles. The fraction of sp³-hybridized carbons (Fsp3) is 0.250. The number of piperidine rings is 1. The van der Waals surface area contributed by atoms with Gasteiger partial charge in [-0.3, -0.25) is 0 Å². The first-order chi connectivity index (χ1) is 14.5. The van der Waals surface area contributed by atoms with E-state index in [9.17, 15) is 8.78 Å². The summed E-state index contributed by atoms with van der Waals surface area (Å²) in [7, 11) is 0. The van der Waals surface area contributed by atoms with Gasteiger partial charge in [-0.25, -0.2) is 8.78 Å². The lowest BCUT2D eigenvalue weighted by Crippen LogP contribution is -2.40. The summed E-state index contributed by atoms with van der Waals surface area (Å²) in [5, 5.41) is 1.41. The van der Waals surface area contributed by atoms with Crippen molar-refractivity contribution in [3.63, 3.8) is 0 Å². The Balaban J connectivity index is 1.51. The molecule has 4 rings (SSSR count). The smallest absolute Gasteiger partial charge is 0.162 e. The van der Waals surface area contributed by atoms with Crippen molar-refractivity contribution < 1.29 is 13.5 Å².